The van der Waals surface area contributed by atoms with Crippen LogP contribution in [-0.4, -0.2) is 66.4 Å². The normalized spacial score (nSPS) is 28.4. The monoisotopic (exact) mass is 311 g/mol. The van der Waals surface area contributed by atoms with E-state index in [1.807, 2.05) is 0 Å². The number of nitrogens with zero attached hydrogens (tertiary/aromatic N) is 4. The molecule has 4 N–H and O–H groups in total. The lowest BCUT2D eigenvalue weighted by Gasteiger charge is -2.16. The topological polar surface area (TPSA) is 135 Å². The van der Waals surface area contributed by atoms with Crippen molar-refractivity contribution in [3.63, 3.8) is 0 Å². The molecule has 10 nitrogen and oxygen atoms in total. The average Bonchev–Trinajstić information content (AvgIpc) is 3.03. The lowest BCUT2D eigenvalue weighted by molar-refractivity contribution is -0.0511. The third kappa shape index (κ3) is 2.00. The van der Waals surface area contributed by atoms with Crippen molar-refractivity contribution in [2.45, 2.75) is 24.5 Å². The molecule has 2 aromatic heterocycles. The highest BCUT2D eigenvalue weighted by molar-refractivity contribution is 5.83. The Labute approximate surface area is 124 Å². The predicted octanol–water partition coefficient (Wildman–Crippen LogP) is -2.22. The molecule has 0 spiro atoms. The largest absolute Gasteiger partial charge is 0.394 e. The third-order valence-corrected chi connectivity index (χ3v) is 3.84. The minimum Gasteiger partial charge on any atom is -0.394 e. The highest BCUT2D eigenvalue weighted by atomic mass is 16.6. The molecule has 1 aliphatic heterocycles. The van der Waals surface area contributed by atoms with Crippen molar-refractivity contribution in [2.24, 2.45) is 7.05 Å². The van der Waals surface area contributed by atoms with Crippen LogP contribution >= 0.6 is 0 Å². The van der Waals surface area contributed by atoms with Crippen LogP contribution in [0.5, 0.6) is 0 Å². The van der Waals surface area contributed by atoms with Crippen molar-refractivity contribution in [3.8, 4) is 0 Å². The van der Waals surface area contributed by atoms with Gasteiger partial charge in [0.05, 0.1) is 12.9 Å². The summed E-state index contributed by atoms with van der Waals surface area (Å²) in [6.07, 6.45) is -3.02. The molecule has 0 aliphatic carbocycles. The van der Waals surface area contributed by atoms with Gasteiger partial charge in [-0.05, 0) is 0 Å². The highest BCUT2D eigenvalue weighted by Crippen LogP contribution is 2.31. The summed E-state index contributed by atoms with van der Waals surface area (Å²) in [4.78, 5) is 20.0. The Bertz CT molecular complexity index is 756. The van der Waals surface area contributed by atoms with Crippen molar-refractivity contribution in [1.29, 1.82) is 0 Å². The number of aromatic nitrogens is 4. The Kier molecular flexibility index (Phi) is 3.60. The molecule has 1 fully saturated rings. The second-order valence-corrected chi connectivity index (χ2v) is 5.10. The zero-order valence-corrected chi connectivity index (χ0v) is 12.0. The van der Waals surface area contributed by atoms with E-state index in [0.29, 0.717) is 11.3 Å². The van der Waals surface area contributed by atoms with E-state index in [9.17, 15) is 15.0 Å². The molecule has 2 aromatic rings. The van der Waals surface area contributed by atoms with E-state index in [4.69, 9.17) is 9.84 Å². The number of hydrogen-bond acceptors (Lipinski definition) is 8. The quantitative estimate of drug-likeness (QED) is 0.501. The third-order valence-electron chi connectivity index (χ3n) is 3.84. The zero-order chi connectivity index (χ0) is 16.0. The highest BCUT2D eigenvalue weighted by Gasteiger charge is 2.44. The first-order valence-electron chi connectivity index (χ1n) is 6.73. The molecule has 1 saturated heterocycles. The molecule has 3 heterocycles. The van der Waals surface area contributed by atoms with Gasteiger partial charge < -0.3 is 25.4 Å². The first-order chi connectivity index (χ1) is 10.5. The van der Waals surface area contributed by atoms with Gasteiger partial charge in [-0.3, -0.25) is 9.13 Å². The molecule has 4 atom stereocenters. The second-order valence-electron chi connectivity index (χ2n) is 5.10. The van der Waals surface area contributed by atoms with Crippen LogP contribution in [0.1, 0.15) is 6.23 Å². The van der Waals surface area contributed by atoms with Crippen LogP contribution in [0.25, 0.3) is 11.2 Å². The smallest absolute Gasteiger partial charge is 0.350 e. The van der Waals surface area contributed by atoms with Gasteiger partial charge in [-0.25, -0.2) is 9.78 Å². The van der Waals surface area contributed by atoms with Crippen molar-refractivity contribution < 1.29 is 20.1 Å². The van der Waals surface area contributed by atoms with Crippen LogP contribution < -0.4 is 11.0 Å². The fourth-order valence-corrected chi connectivity index (χ4v) is 2.63. The van der Waals surface area contributed by atoms with Gasteiger partial charge in [0.15, 0.2) is 11.9 Å². The fraction of sp³-hybridized carbons (Fsp3) is 0.583. The van der Waals surface area contributed by atoms with E-state index in [2.05, 4.69) is 15.3 Å². The van der Waals surface area contributed by atoms with Crippen LogP contribution in [0.15, 0.2) is 11.1 Å². The number of fused-ring (bicyclic) bond motifs is 1. The molecular weight excluding hydrogens is 294 g/mol. The number of rotatable bonds is 3. The molecule has 1 aliphatic rings. The Morgan fingerprint density at radius 2 is 2.14 bits per heavy atom. The predicted molar refractivity (Wildman–Crippen MR) is 75.3 cm³/mol. The van der Waals surface area contributed by atoms with Gasteiger partial charge in [0.25, 0.3) is 0 Å². The van der Waals surface area contributed by atoms with Crippen molar-refractivity contribution in [1.82, 2.24) is 19.1 Å². The lowest BCUT2D eigenvalue weighted by atomic mass is 10.1. The summed E-state index contributed by atoms with van der Waals surface area (Å²) in [6.45, 7) is -0.432. The number of hydrogen-bond donors (Lipinski definition) is 4. The van der Waals surface area contributed by atoms with E-state index in [-0.39, 0.29) is 5.65 Å². The lowest BCUT2D eigenvalue weighted by Crippen LogP contribution is -2.33. The minimum atomic E-state index is -1.27. The van der Waals surface area contributed by atoms with Crippen LogP contribution in [-0.2, 0) is 11.8 Å². The van der Waals surface area contributed by atoms with Crippen LogP contribution in [0, 0.1) is 0 Å². The van der Waals surface area contributed by atoms with Crippen LogP contribution in [0.4, 0.5) is 5.82 Å². The molecule has 22 heavy (non-hydrogen) atoms. The van der Waals surface area contributed by atoms with Crippen LogP contribution in [0.3, 0.4) is 0 Å². The van der Waals surface area contributed by atoms with Gasteiger partial charge in [-0.15, -0.1) is 0 Å². The van der Waals surface area contributed by atoms with Crippen LogP contribution in [0.2, 0.25) is 0 Å². The molecule has 3 rings (SSSR count). The molecule has 0 aromatic carbocycles. The standard InChI is InChI=1S/C12H17N5O5/c1-13-9-6-10(15-12(21)16(9)2)17(4-14-6)11-8(20)7(19)5(3-18)22-11/h4-5,7-8,11,13,18-20H,3H2,1-2H3/t5-,7-,8-,11-/m1/s1. The Morgan fingerprint density at radius 3 is 2.73 bits per heavy atom. The number of imidazole rings is 1. The van der Waals surface area contributed by atoms with Crippen molar-refractivity contribution in [3.05, 3.63) is 16.8 Å². The summed E-state index contributed by atoms with van der Waals surface area (Å²) in [6, 6.07) is 0. The van der Waals surface area contributed by atoms with Crippen molar-refractivity contribution in [2.75, 3.05) is 19.0 Å². The summed E-state index contributed by atoms with van der Waals surface area (Å²) in [5.41, 5.74) is 0.162. The summed E-state index contributed by atoms with van der Waals surface area (Å²) >= 11 is 0. The Hall–Kier alpha value is -2.01. The minimum absolute atomic E-state index is 0.224. The number of aliphatic hydroxyl groups is 3. The summed E-state index contributed by atoms with van der Waals surface area (Å²) in [5, 5.41) is 31.9. The molecule has 0 unspecified atom stereocenters. The number of nitrogens with one attached hydrogen (secondary N) is 1. The molecule has 0 bridgehead atoms. The molecule has 0 saturated carbocycles. The van der Waals surface area contributed by atoms with E-state index >= 15 is 0 Å². The van der Waals surface area contributed by atoms with Crippen molar-refractivity contribution >= 4 is 17.0 Å². The summed E-state index contributed by atoms with van der Waals surface area (Å²) < 4.78 is 8.13. The van der Waals surface area contributed by atoms with Gasteiger partial charge in [0.2, 0.25) is 0 Å². The van der Waals surface area contributed by atoms with E-state index in [1.165, 1.54) is 15.5 Å². The first-order valence-corrected chi connectivity index (χ1v) is 6.73. The van der Waals surface area contributed by atoms with Gasteiger partial charge in [0.1, 0.15) is 29.6 Å². The molecule has 0 radical (unpaired) electrons. The van der Waals surface area contributed by atoms with Gasteiger partial charge in [-0.2, -0.15) is 4.98 Å². The molecule has 120 valence electrons. The number of aliphatic hydroxyl groups excluding tert-OH is 3. The number of ether oxygens (including phenoxy) is 1. The van der Waals surface area contributed by atoms with E-state index < -0.39 is 36.8 Å². The summed E-state index contributed by atoms with van der Waals surface area (Å²) in [7, 11) is 3.21. The maximum atomic E-state index is 11.9. The molecular formula is C12H17N5O5. The van der Waals surface area contributed by atoms with E-state index in [0.717, 1.165) is 0 Å². The Balaban J connectivity index is 2.14. The summed E-state index contributed by atoms with van der Waals surface area (Å²) in [5.74, 6) is 0.473. The first kappa shape index (κ1) is 14.9. The molecule has 0 amide bonds. The second kappa shape index (κ2) is 5.32. The SMILES string of the molecule is CNc1c2ncn([C@@H]3O[C@H](CO)[C@@H](O)[C@H]3O)c2nc(=O)n1C. The van der Waals surface area contributed by atoms with E-state index in [1.54, 1.807) is 14.1 Å². The van der Waals surface area contributed by atoms with Gasteiger partial charge in [-0.1, -0.05) is 0 Å². The van der Waals surface area contributed by atoms with Gasteiger partial charge in [0, 0.05) is 14.1 Å². The average molecular weight is 311 g/mol. The molecule has 10 heteroatoms. The maximum absolute atomic E-state index is 11.9. The Morgan fingerprint density at radius 1 is 1.41 bits per heavy atom. The zero-order valence-electron chi connectivity index (χ0n) is 12.0. The maximum Gasteiger partial charge on any atom is 0.350 e. The number of anilines is 1. The van der Waals surface area contributed by atoms with Gasteiger partial charge >= 0.3 is 5.69 Å². The fourth-order valence-electron chi connectivity index (χ4n) is 2.63.